The SMILES string of the molecule is CCC1CCCN(c2ncc(CNCCOC)s2)C1. The number of ether oxygens (including phenoxy) is 1. The number of nitrogens with zero attached hydrogens (tertiary/aromatic N) is 2. The second-order valence-electron chi connectivity index (χ2n) is 5.14. The number of rotatable bonds is 7. The van der Waals surface area contributed by atoms with Gasteiger partial charge in [0.2, 0.25) is 0 Å². The molecule has 2 rings (SSSR count). The maximum Gasteiger partial charge on any atom is 0.185 e. The minimum atomic E-state index is 0.760. The Morgan fingerprint density at radius 1 is 1.58 bits per heavy atom. The van der Waals surface area contributed by atoms with E-state index in [0.717, 1.165) is 25.6 Å². The van der Waals surface area contributed by atoms with E-state index in [1.54, 1.807) is 7.11 Å². The van der Waals surface area contributed by atoms with Gasteiger partial charge in [0.05, 0.1) is 6.61 Å². The quantitative estimate of drug-likeness (QED) is 0.780. The lowest BCUT2D eigenvalue weighted by atomic mass is 9.96. The molecule has 0 aliphatic carbocycles. The number of aromatic nitrogens is 1. The fraction of sp³-hybridized carbons (Fsp3) is 0.786. The summed E-state index contributed by atoms with van der Waals surface area (Å²) in [4.78, 5) is 8.35. The first-order chi connectivity index (χ1) is 9.33. The van der Waals surface area contributed by atoms with Gasteiger partial charge < -0.3 is 15.0 Å². The molecular weight excluding hydrogens is 258 g/mol. The van der Waals surface area contributed by atoms with Crippen LogP contribution in [0.5, 0.6) is 0 Å². The van der Waals surface area contributed by atoms with Crippen molar-refractivity contribution in [1.82, 2.24) is 10.3 Å². The van der Waals surface area contributed by atoms with Crippen LogP contribution in [0.4, 0.5) is 5.13 Å². The van der Waals surface area contributed by atoms with E-state index in [0.29, 0.717) is 0 Å². The molecule has 1 aromatic rings. The smallest absolute Gasteiger partial charge is 0.185 e. The summed E-state index contributed by atoms with van der Waals surface area (Å²) in [7, 11) is 1.73. The highest BCUT2D eigenvalue weighted by Gasteiger charge is 2.20. The molecule has 0 bridgehead atoms. The number of anilines is 1. The Kier molecular flexibility index (Phi) is 6.07. The van der Waals surface area contributed by atoms with E-state index >= 15 is 0 Å². The summed E-state index contributed by atoms with van der Waals surface area (Å²) in [5.74, 6) is 0.848. The molecule has 1 saturated heterocycles. The van der Waals surface area contributed by atoms with Crippen molar-refractivity contribution in [2.75, 3.05) is 38.3 Å². The van der Waals surface area contributed by atoms with Crippen LogP contribution in [0.1, 0.15) is 31.1 Å². The molecule has 0 saturated carbocycles. The van der Waals surface area contributed by atoms with E-state index in [2.05, 4.69) is 22.1 Å². The average molecular weight is 283 g/mol. The maximum atomic E-state index is 5.02. The Balaban J connectivity index is 1.82. The summed E-state index contributed by atoms with van der Waals surface area (Å²) in [6.45, 7) is 7.19. The summed E-state index contributed by atoms with van der Waals surface area (Å²) < 4.78 is 5.02. The number of nitrogens with one attached hydrogen (secondary N) is 1. The predicted octanol–water partition coefficient (Wildman–Crippen LogP) is 2.51. The molecule has 0 radical (unpaired) electrons. The van der Waals surface area contributed by atoms with Gasteiger partial charge >= 0.3 is 0 Å². The topological polar surface area (TPSA) is 37.4 Å². The summed E-state index contributed by atoms with van der Waals surface area (Å²) in [5.41, 5.74) is 0. The fourth-order valence-electron chi connectivity index (χ4n) is 2.48. The lowest BCUT2D eigenvalue weighted by Gasteiger charge is -2.31. The van der Waals surface area contributed by atoms with E-state index in [1.165, 1.54) is 42.4 Å². The van der Waals surface area contributed by atoms with E-state index in [9.17, 15) is 0 Å². The highest BCUT2D eigenvalue weighted by molar-refractivity contribution is 7.15. The number of hydrogen-bond acceptors (Lipinski definition) is 5. The molecule has 1 N–H and O–H groups in total. The number of piperidine rings is 1. The lowest BCUT2D eigenvalue weighted by molar-refractivity contribution is 0.199. The Labute approximate surface area is 120 Å². The molecule has 1 atom stereocenters. The van der Waals surface area contributed by atoms with Gasteiger partial charge in [-0.1, -0.05) is 13.3 Å². The summed E-state index contributed by atoms with van der Waals surface area (Å²) >= 11 is 1.82. The molecule has 1 unspecified atom stereocenters. The zero-order valence-electron chi connectivity index (χ0n) is 12.0. The lowest BCUT2D eigenvalue weighted by Crippen LogP contribution is -2.34. The van der Waals surface area contributed by atoms with Crippen molar-refractivity contribution < 1.29 is 4.74 Å². The Morgan fingerprint density at radius 3 is 3.26 bits per heavy atom. The van der Waals surface area contributed by atoms with Gasteiger partial charge in [0.1, 0.15) is 0 Å². The maximum absolute atomic E-state index is 5.02. The van der Waals surface area contributed by atoms with Gasteiger partial charge in [0.25, 0.3) is 0 Å². The molecule has 1 aliphatic heterocycles. The highest BCUT2D eigenvalue weighted by Crippen LogP contribution is 2.28. The van der Waals surface area contributed by atoms with Crippen LogP contribution < -0.4 is 10.2 Å². The molecule has 0 spiro atoms. The molecule has 2 heterocycles. The molecule has 108 valence electrons. The monoisotopic (exact) mass is 283 g/mol. The van der Waals surface area contributed by atoms with E-state index in [-0.39, 0.29) is 0 Å². The normalized spacial score (nSPS) is 19.9. The summed E-state index contributed by atoms with van der Waals surface area (Å²) in [6.07, 6.45) is 5.98. The molecule has 19 heavy (non-hydrogen) atoms. The van der Waals surface area contributed by atoms with Gasteiger partial charge in [-0.3, -0.25) is 0 Å². The third-order valence-corrected chi connectivity index (χ3v) is 4.75. The molecule has 1 aliphatic rings. The van der Waals surface area contributed by atoms with Crippen molar-refractivity contribution in [3.63, 3.8) is 0 Å². The molecule has 1 aromatic heterocycles. The molecule has 4 nitrogen and oxygen atoms in total. The van der Waals surface area contributed by atoms with Crippen LogP contribution in [0.3, 0.4) is 0 Å². The van der Waals surface area contributed by atoms with Crippen LogP contribution in [0.15, 0.2) is 6.20 Å². The second kappa shape index (κ2) is 7.82. The Morgan fingerprint density at radius 2 is 2.47 bits per heavy atom. The molecule has 0 aromatic carbocycles. The van der Waals surface area contributed by atoms with Crippen LogP contribution in [0.25, 0.3) is 0 Å². The van der Waals surface area contributed by atoms with Gasteiger partial charge in [-0.25, -0.2) is 4.98 Å². The second-order valence-corrected chi connectivity index (χ2v) is 6.23. The van der Waals surface area contributed by atoms with Gasteiger partial charge in [-0.05, 0) is 18.8 Å². The number of methoxy groups -OCH3 is 1. The standard InChI is InChI=1S/C14H25N3OS/c1-3-12-5-4-7-17(11-12)14-16-10-13(19-14)9-15-6-8-18-2/h10,12,15H,3-9,11H2,1-2H3. The minimum absolute atomic E-state index is 0.760. The first kappa shape index (κ1) is 14.8. The van der Waals surface area contributed by atoms with Crippen LogP contribution in [0, 0.1) is 5.92 Å². The van der Waals surface area contributed by atoms with Gasteiger partial charge in [-0.2, -0.15) is 0 Å². The van der Waals surface area contributed by atoms with Crippen LogP contribution in [-0.4, -0.2) is 38.3 Å². The van der Waals surface area contributed by atoms with Crippen LogP contribution in [-0.2, 0) is 11.3 Å². The first-order valence-corrected chi connectivity index (χ1v) is 8.04. The third kappa shape index (κ3) is 4.44. The summed E-state index contributed by atoms with van der Waals surface area (Å²) in [5, 5.41) is 4.56. The molecular formula is C14H25N3OS. The number of hydrogen-bond donors (Lipinski definition) is 1. The molecule has 0 amide bonds. The van der Waals surface area contributed by atoms with Crippen molar-refractivity contribution in [3.8, 4) is 0 Å². The summed E-state index contributed by atoms with van der Waals surface area (Å²) in [6, 6.07) is 0. The molecule has 5 heteroatoms. The van der Waals surface area contributed by atoms with E-state index < -0.39 is 0 Å². The van der Waals surface area contributed by atoms with Crippen molar-refractivity contribution in [1.29, 1.82) is 0 Å². The third-order valence-electron chi connectivity index (χ3n) is 3.69. The minimum Gasteiger partial charge on any atom is -0.383 e. The van der Waals surface area contributed by atoms with Crippen molar-refractivity contribution in [3.05, 3.63) is 11.1 Å². The largest absolute Gasteiger partial charge is 0.383 e. The van der Waals surface area contributed by atoms with Gasteiger partial charge in [-0.15, -0.1) is 11.3 Å². The Bertz CT molecular complexity index is 369. The number of thiazole rings is 1. The van der Waals surface area contributed by atoms with Crippen molar-refractivity contribution in [2.45, 2.75) is 32.7 Å². The first-order valence-electron chi connectivity index (χ1n) is 7.22. The van der Waals surface area contributed by atoms with E-state index in [1.807, 2.05) is 17.5 Å². The highest BCUT2D eigenvalue weighted by atomic mass is 32.1. The van der Waals surface area contributed by atoms with Gasteiger partial charge in [0.15, 0.2) is 5.13 Å². The van der Waals surface area contributed by atoms with Gasteiger partial charge in [0, 0.05) is 44.4 Å². The van der Waals surface area contributed by atoms with Crippen molar-refractivity contribution in [2.24, 2.45) is 5.92 Å². The molecule has 1 fully saturated rings. The van der Waals surface area contributed by atoms with Crippen LogP contribution in [0.2, 0.25) is 0 Å². The zero-order chi connectivity index (χ0) is 13.5. The van der Waals surface area contributed by atoms with Crippen molar-refractivity contribution >= 4 is 16.5 Å². The predicted molar refractivity (Wildman–Crippen MR) is 80.9 cm³/mol. The Hall–Kier alpha value is -0.650. The van der Waals surface area contributed by atoms with E-state index in [4.69, 9.17) is 4.74 Å². The zero-order valence-corrected chi connectivity index (χ0v) is 12.8. The van der Waals surface area contributed by atoms with Crippen LogP contribution >= 0.6 is 11.3 Å². The average Bonchev–Trinajstić information content (AvgIpc) is 2.92. The fourth-order valence-corrected chi connectivity index (χ4v) is 3.40.